The topological polar surface area (TPSA) is 66.8 Å². The van der Waals surface area contributed by atoms with Crippen LogP contribution in [0.2, 0.25) is 0 Å². The van der Waals surface area contributed by atoms with Gasteiger partial charge >= 0.3 is 5.97 Å². The van der Waals surface area contributed by atoms with E-state index in [2.05, 4.69) is 6.58 Å². The number of hydrogen-bond acceptors (Lipinski definition) is 5. The lowest BCUT2D eigenvalue weighted by molar-refractivity contribution is -0.201. The fourth-order valence-corrected chi connectivity index (χ4v) is 1.92. The van der Waals surface area contributed by atoms with Gasteiger partial charge in [-0.15, -0.1) is 0 Å². The molecule has 18 heavy (non-hydrogen) atoms. The Morgan fingerprint density at radius 2 is 2.17 bits per heavy atom. The molecule has 0 bridgehead atoms. The van der Waals surface area contributed by atoms with Crippen LogP contribution in [0.5, 0.6) is 0 Å². The summed E-state index contributed by atoms with van der Waals surface area (Å²) in [5.41, 5.74) is 0. The zero-order valence-corrected chi connectivity index (χ0v) is 9.65. The standard InChI is InChI=1S/C13H13NO4/c1-2-11(15)13(17)18-14-10-6-4-3-5-9(10)7-8-12(14)16/h2-6,8-10,16H,1,7H2. The fraction of sp³-hybridized carbons (Fsp3) is 0.231. The van der Waals surface area contributed by atoms with Crippen molar-refractivity contribution in [2.75, 3.05) is 0 Å². The minimum Gasteiger partial charge on any atom is -0.493 e. The van der Waals surface area contributed by atoms with E-state index in [-0.39, 0.29) is 17.8 Å². The molecule has 5 nitrogen and oxygen atoms in total. The van der Waals surface area contributed by atoms with Gasteiger partial charge in [0.05, 0.1) is 6.04 Å². The molecule has 1 aliphatic heterocycles. The predicted octanol–water partition coefficient (Wildman–Crippen LogP) is 1.42. The van der Waals surface area contributed by atoms with Crippen LogP contribution in [0.25, 0.3) is 0 Å². The Morgan fingerprint density at radius 3 is 2.89 bits per heavy atom. The molecule has 0 spiro atoms. The van der Waals surface area contributed by atoms with Gasteiger partial charge in [0.15, 0.2) is 0 Å². The smallest absolute Gasteiger partial charge is 0.403 e. The van der Waals surface area contributed by atoms with Crippen LogP contribution in [-0.4, -0.2) is 28.0 Å². The van der Waals surface area contributed by atoms with E-state index in [0.29, 0.717) is 6.42 Å². The van der Waals surface area contributed by atoms with Gasteiger partial charge in [-0.3, -0.25) is 4.79 Å². The van der Waals surface area contributed by atoms with Crippen molar-refractivity contribution in [3.8, 4) is 0 Å². The summed E-state index contributed by atoms with van der Waals surface area (Å²) in [6.07, 6.45) is 10.5. The molecule has 0 fully saturated rings. The molecule has 0 saturated carbocycles. The summed E-state index contributed by atoms with van der Waals surface area (Å²) in [5, 5.41) is 10.8. The molecule has 0 aromatic carbocycles. The molecule has 0 aromatic rings. The van der Waals surface area contributed by atoms with Crippen molar-refractivity contribution in [1.29, 1.82) is 0 Å². The second-order valence-electron chi connectivity index (χ2n) is 4.00. The van der Waals surface area contributed by atoms with Gasteiger partial charge in [0.2, 0.25) is 5.88 Å². The zero-order chi connectivity index (χ0) is 13.1. The van der Waals surface area contributed by atoms with Crippen LogP contribution in [-0.2, 0) is 14.4 Å². The third kappa shape index (κ3) is 2.20. The maximum Gasteiger partial charge on any atom is 0.403 e. The number of aliphatic hydroxyl groups excluding tert-OH is 1. The van der Waals surface area contributed by atoms with Crippen LogP contribution in [0.1, 0.15) is 6.42 Å². The van der Waals surface area contributed by atoms with Gasteiger partial charge in [-0.2, -0.15) is 5.06 Å². The van der Waals surface area contributed by atoms with E-state index in [1.165, 1.54) is 0 Å². The van der Waals surface area contributed by atoms with Crippen LogP contribution in [0, 0.1) is 5.92 Å². The molecule has 0 saturated heterocycles. The van der Waals surface area contributed by atoms with Crippen molar-refractivity contribution in [3.05, 3.63) is 48.9 Å². The Bertz CT molecular complexity index is 475. The lowest BCUT2D eigenvalue weighted by atomic mass is 9.89. The molecule has 1 heterocycles. The van der Waals surface area contributed by atoms with Crippen molar-refractivity contribution < 1.29 is 19.5 Å². The molecule has 1 aliphatic carbocycles. The van der Waals surface area contributed by atoms with E-state index in [1.54, 1.807) is 18.2 Å². The number of carbonyl (C=O) groups is 2. The first-order valence-corrected chi connectivity index (χ1v) is 5.55. The number of fused-ring (bicyclic) bond motifs is 1. The van der Waals surface area contributed by atoms with Gasteiger partial charge in [-0.05, 0) is 18.6 Å². The predicted molar refractivity (Wildman–Crippen MR) is 64.0 cm³/mol. The van der Waals surface area contributed by atoms with E-state index in [9.17, 15) is 14.7 Å². The normalized spacial score (nSPS) is 25.1. The molecule has 94 valence electrons. The molecule has 2 atom stereocenters. The SMILES string of the molecule is C=CC(=O)C(=O)ON1C(O)=CCC2C=CC=CC21. The summed E-state index contributed by atoms with van der Waals surface area (Å²) >= 11 is 0. The lowest BCUT2D eigenvalue weighted by Gasteiger charge is -2.36. The maximum absolute atomic E-state index is 11.4. The summed E-state index contributed by atoms with van der Waals surface area (Å²) in [7, 11) is 0. The quantitative estimate of drug-likeness (QED) is 0.603. The van der Waals surface area contributed by atoms with Gasteiger partial charge in [-0.25, -0.2) is 4.79 Å². The first-order valence-electron chi connectivity index (χ1n) is 5.55. The fourth-order valence-electron chi connectivity index (χ4n) is 1.92. The van der Waals surface area contributed by atoms with Gasteiger partial charge in [-0.1, -0.05) is 30.9 Å². The van der Waals surface area contributed by atoms with E-state index in [4.69, 9.17) is 4.84 Å². The number of hydrogen-bond donors (Lipinski definition) is 1. The first-order chi connectivity index (χ1) is 8.63. The summed E-state index contributed by atoms with van der Waals surface area (Å²) < 4.78 is 0. The Kier molecular flexibility index (Phi) is 3.32. The van der Waals surface area contributed by atoms with Crippen LogP contribution in [0.15, 0.2) is 48.9 Å². The molecule has 0 aromatic heterocycles. The van der Waals surface area contributed by atoms with Gasteiger partial charge in [0, 0.05) is 5.92 Å². The molecule has 2 aliphatic rings. The molecule has 1 N–H and O–H groups in total. The number of ketones is 1. The second kappa shape index (κ2) is 4.91. The van der Waals surface area contributed by atoms with Gasteiger partial charge in [0.1, 0.15) is 0 Å². The summed E-state index contributed by atoms with van der Waals surface area (Å²) in [6.45, 7) is 3.20. The Hall–Kier alpha value is -2.30. The van der Waals surface area contributed by atoms with Crippen LogP contribution < -0.4 is 0 Å². The first kappa shape index (κ1) is 12.2. The highest BCUT2D eigenvalue weighted by Crippen LogP contribution is 2.29. The minimum atomic E-state index is -1.06. The van der Waals surface area contributed by atoms with Gasteiger partial charge in [0.25, 0.3) is 5.78 Å². The van der Waals surface area contributed by atoms with Gasteiger partial charge < -0.3 is 9.94 Å². The van der Waals surface area contributed by atoms with Crippen LogP contribution >= 0.6 is 0 Å². The van der Waals surface area contributed by atoms with E-state index in [1.807, 2.05) is 12.2 Å². The zero-order valence-electron chi connectivity index (χ0n) is 9.65. The van der Waals surface area contributed by atoms with Crippen molar-refractivity contribution in [2.24, 2.45) is 5.92 Å². The Labute approximate surface area is 104 Å². The van der Waals surface area contributed by atoms with E-state index in [0.717, 1.165) is 11.1 Å². The number of carbonyl (C=O) groups excluding carboxylic acids is 2. The highest BCUT2D eigenvalue weighted by molar-refractivity contribution is 6.38. The van der Waals surface area contributed by atoms with Crippen molar-refractivity contribution in [2.45, 2.75) is 12.5 Å². The second-order valence-corrected chi connectivity index (χ2v) is 4.00. The lowest BCUT2D eigenvalue weighted by Crippen LogP contribution is -2.43. The van der Waals surface area contributed by atoms with Crippen molar-refractivity contribution >= 4 is 11.8 Å². The Morgan fingerprint density at radius 1 is 1.44 bits per heavy atom. The van der Waals surface area contributed by atoms with Crippen LogP contribution in [0.4, 0.5) is 0 Å². The summed E-state index contributed by atoms with van der Waals surface area (Å²) in [6, 6.07) is -0.290. The molecule has 2 rings (SSSR count). The molecule has 0 radical (unpaired) electrons. The largest absolute Gasteiger partial charge is 0.493 e. The number of hydroxylamine groups is 2. The number of aliphatic hydroxyl groups is 1. The summed E-state index contributed by atoms with van der Waals surface area (Å²) in [5.74, 6) is -1.97. The number of rotatable bonds is 3. The third-order valence-corrected chi connectivity index (χ3v) is 2.85. The average molecular weight is 247 g/mol. The number of nitrogens with zero attached hydrogens (tertiary/aromatic N) is 1. The summed E-state index contributed by atoms with van der Waals surface area (Å²) in [4.78, 5) is 27.4. The van der Waals surface area contributed by atoms with Crippen LogP contribution in [0.3, 0.4) is 0 Å². The maximum atomic E-state index is 11.4. The minimum absolute atomic E-state index is 0.109. The monoisotopic (exact) mass is 247 g/mol. The Balaban J connectivity index is 2.17. The third-order valence-electron chi connectivity index (χ3n) is 2.85. The van der Waals surface area contributed by atoms with E-state index < -0.39 is 11.8 Å². The highest BCUT2D eigenvalue weighted by atomic mass is 16.7. The molecule has 0 amide bonds. The number of allylic oxidation sites excluding steroid dienone is 3. The van der Waals surface area contributed by atoms with Crippen molar-refractivity contribution in [3.63, 3.8) is 0 Å². The molecule has 2 unspecified atom stereocenters. The molecular formula is C13H13NO4. The molecular weight excluding hydrogens is 234 g/mol. The molecule has 5 heteroatoms. The van der Waals surface area contributed by atoms with E-state index >= 15 is 0 Å². The van der Waals surface area contributed by atoms with Crippen molar-refractivity contribution in [1.82, 2.24) is 5.06 Å². The highest BCUT2D eigenvalue weighted by Gasteiger charge is 2.34. The average Bonchev–Trinajstić information content (AvgIpc) is 2.41.